The lowest BCUT2D eigenvalue weighted by Gasteiger charge is -2.06. The number of carbonyl (C=O) groups excluding carboxylic acids is 1. The highest BCUT2D eigenvalue weighted by molar-refractivity contribution is 5.84. The first-order valence-electron chi connectivity index (χ1n) is 3.27. The zero-order chi connectivity index (χ0) is 8.85. The number of nitrogens with one attached hydrogen (secondary N) is 2. The topological polar surface area (TPSA) is 76.7 Å². The molecule has 2 N–H and O–H groups in total. The second-order valence-corrected chi connectivity index (χ2v) is 2.30. The van der Waals surface area contributed by atoms with Crippen LogP contribution in [0.25, 0.3) is 0 Å². The Labute approximate surface area is 65.7 Å². The fourth-order valence-electron chi connectivity index (χ4n) is 0.541. The Bertz CT molecular complexity index is 204. The molecule has 4 nitrogen and oxygen atoms in total. The van der Waals surface area contributed by atoms with Crippen molar-refractivity contribution >= 4 is 11.6 Å². The van der Waals surface area contributed by atoms with E-state index < -0.39 is 5.92 Å². The summed E-state index contributed by atoms with van der Waals surface area (Å²) in [6.45, 7) is 3.17. The van der Waals surface area contributed by atoms with Crippen LogP contribution in [0.1, 0.15) is 13.8 Å². The van der Waals surface area contributed by atoms with Gasteiger partial charge < -0.3 is 10.7 Å². The maximum absolute atomic E-state index is 10.4. The van der Waals surface area contributed by atoms with Crippen molar-refractivity contribution in [2.24, 2.45) is 5.92 Å². The van der Waals surface area contributed by atoms with Crippen LogP contribution in [0.4, 0.5) is 0 Å². The lowest BCUT2D eigenvalue weighted by molar-refractivity contribution is -0.118. The minimum absolute atomic E-state index is 0.175. The van der Waals surface area contributed by atoms with Gasteiger partial charge in [0.2, 0.25) is 5.91 Å². The Morgan fingerprint density at radius 2 is 2.27 bits per heavy atom. The number of amides is 1. The molecule has 0 rings (SSSR count). The van der Waals surface area contributed by atoms with Gasteiger partial charge in [-0.05, 0) is 6.92 Å². The number of hydrogen-bond acceptors (Lipinski definition) is 3. The number of carbonyl (C=O) groups is 1. The van der Waals surface area contributed by atoms with Gasteiger partial charge in [0.05, 0.1) is 6.07 Å². The van der Waals surface area contributed by atoms with E-state index in [4.69, 9.17) is 10.7 Å². The van der Waals surface area contributed by atoms with E-state index in [1.54, 1.807) is 6.92 Å². The molecule has 0 saturated heterocycles. The highest BCUT2D eigenvalue weighted by atomic mass is 16.1. The average Bonchev–Trinajstić information content (AvgIpc) is 1.87. The molecule has 60 valence electrons. The van der Waals surface area contributed by atoms with Crippen LogP contribution in [0.2, 0.25) is 0 Å². The normalized spacial score (nSPS) is 11.4. The van der Waals surface area contributed by atoms with E-state index in [9.17, 15) is 4.79 Å². The van der Waals surface area contributed by atoms with Gasteiger partial charge in [0.15, 0.2) is 0 Å². The Morgan fingerprint density at radius 3 is 2.55 bits per heavy atom. The van der Waals surface area contributed by atoms with Gasteiger partial charge in [-0.2, -0.15) is 5.26 Å². The van der Waals surface area contributed by atoms with Crippen LogP contribution in [0.3, 0.4) is 0 Å². The predicted molar refractivity (Wildman–Crippen MR) is 41.2 cm³/mol. The molecular weight excluding hydrogens is 142 g/mol. The molecule has 0 saturated carbocycles. The summed E-state index contributed by atoms with van der Waals surface area (Å²) in [6, 6.07) is 1.92. The molecule has 0 aromatic heterocycles. The lowest BCUT2D eigenvalue weighted by Crippen LogP contribution is -2.29. The van der Waals surface area contributed by atoms with Crippen LogP contribution in [-0.4, -0.2) is 18.2 Å². The van der Waals surface area contributed by atoms with Crippen LogP contribution in [0.15, 0.2) is 0 Å². The van der Waals surface area contributed by atoms with E-state index in [-0.39, 0.29) is 18.2 Å². The Morgan fingerprint density at radius 1 is 1.73 bits per heavy atom. The molecule has 1 amide bonds. The fraction of sp³-hybridized carbons (Fsp3) is 0.571. The first-order valence-corrected chi connectivity index (χ1v) is 3.27. The molecule has 0 radical (unpaired) electrons. The molecule has 0 bridgehead atoms. The molecule has 0 aliphatic rings. The van der Waals surface area contributed by atoms with Crippen LogP contribution >= 0.6 is 0 Å². The second kappa shape index (κ2) is 4.45. The van der Waals surface area contributed by atoms with Crippen LogP contribution in [-0.2, 0) is 4.79 Å². The summed E-state index contributed by atoms with van der Waals surface area (Å²) in [4.78, 5) is 10.4. The molecule has 1 unspecified atom stereocenters. The van der Waals surface area contributed by atoms with Gasteiger partial charge >= 0.3 is 0 Å². The summed E-state index contributed by atoms with van der Waals surface area (Å²) < 4.78 is 0. The van der Waals surface area contributed by atoms with Gasteiger partial charge in [0.25, 0.3) is 0 Å². The van der Waals surface area contributed by atoms with Crippen LogP contribution in [0, 0.1) is 22.7 Å². The molecule has 0 heterocycles. The number of nitriles is 1. The molecule has 0 aromatic carbocycles. The predicted octanol–water partition coefficient (Wildman–Crippen LogP) is 0.302. The lowest BCUT2D eigenvalue weighted by atomic mass is 10.1. The summed E-state index contributed by atoms with van der Waals surface area (Å²) in [5.41, 5.74) is 0.279. The monoisotopic (exact) mass is 153 g/mol. The molecule has 4 heteroatoms. The SMILES string of the molecule is CC(=N)C(C#N)CNC(C)=O. The van der Waals surface area contributed by atoms with Gasteiger partial charge in [-0.25, -0.2) is 0 Å². The summed E-state index contributed by atoms with van der Waals surface area (Å²) in [5.74, 6) is -0.662. The van der Waals surface area contributed by atoms with Crippen molar-refractivity contribution in [1.82, 2.24) is 5.32 Å². The molecule has 0 aliphatic heterocycles. The second-order valence-electron chi connectivity index (χ2n) is 2.30. The van der Waals surface area contributed by atoms with E-state index >= 15 is 0 Å². The first kappa shape index (κ1) is 9.63. The Hall–Kier alpha value is -1.37. The summed E-state index contributed by atoms with van der Waals surface area (Å²) in [7, 11) is 0. The molecule has 11 heavy (non-hydrogen) atoms. The van der Waals surface area contributed by atoms with Crippen molar-refractivity contribution in [2.75, 3.05) is 6.54 Å². The van der Waals surface area contributed by atoms with Gasteiger partial charge in [-0.1, -0.05) is 0 Å². The van der Waals surface area contributed by atoms with Crippen molar-refractivity contribution in [1.29, 1.82) is 10.7 Å². The third-order valence-electron chi connectivity index (χ3n) is 1.23. The summed E-state index contributed by atoms with van der Waals surface area (Å²) >= 11 is 0. The Balaban J connectivity index is 3.82. The maximum Gasteiger partial charge on any atom is 0.216 e. The van der Waals surface area contributed by atoms with Crippen LogP contribution < -0.4 is 5.32 Å². The number of rotatable bonds is 3. The highest BCUT2D eigenvalue weighted by Crippen LogP contribution is 1.93. The molecule has 0 fully saturated rings. The first-order chi connectivity index (χ1) is 5.07. The Kier molecular flexibility index (Phi) is 3.89. The van der Waals surface area contributed by atoms with E-state index in [1.807, 2.05) is 6.07 Å². The zero-order valence-electron chi connectivity index (χ0n) is 6.64. The van der Waals surface area contributed by atoms with Crippen molar-refractivity contribution < 1.29 is 4.79 Å². The summed E-state index contributed by atoms with van der Waals surface area (Å²) in [5, 5.41) is 18.1. The average molecular weight is 153 g/mol. The van der Waals surface area contributed by atoms with Gasteiger partial charge in [-0.15, -0.1) is 0 Å². The quantitative estimate of drug-likeness (QED) is 0.572. The molecule has 0 spiro atoms. The van der Waals surface area contributed by atoms with E-state index in [0.29, 0.717) is 0 Å². The largest absolute Gasteiger partial charge is 0.355 e. The van der Waals surface area contributed by atoms with E-state index in [0.717, 1.165) is 0 Å². The minimum Gasteiger partial charge on any atom is -0.355 e. The molecule has 1 atom stereocenters. The summed E-state index contributed by atoms with van der Waals surface area (Å²) in [6.07, 6.45) is 0. The van der Waals surface area contributed by atoms with Crippen molar-refractivity contribution in [3.63, 3.8) is 0 Å². The van der Waals surface area contributed by atoms with Gasteiger partial charge in [-0.3, -0.25) is 4.79 Å². The van der Waals surface area contributed by atoms with E-state index in [1.165, 1.54) is 6.92 Å². The smallest absolute Gasteiger partial charge is 0.216 e. The van der Waals surface area contributed by atoms with Crippen LogP contribution in [0.5, 0.6) is 0 Å². The highest BCUT2D eigenvalue weighted by Gasteiger charge is 2.08. The van der Waals surface area contributed by atoms with Crippen molar-refractivity contribution in [3.05, 3.63) is 0 Å². The fourth-order valence-corrected chi connectivity index (χ4v) is 0.541. The standard InChI is InChI=1S/C7H11N3O/c1-5(9)7(3-8)4-10-6(2)11/h7,9H,4H2,1-2H3,(H,10,11). The molecule has 0 aromatic rings. The minimum atomic E-state index is -0.487. The molecule has 0 aliphatic carbocycles. The van der Waals surface area contributed by atoms with Gasteiger partial charge in [0, 0.05) is 19.2 Å². The van der Waals surface area contributed by atoms with Crippen molar-refractivity contribution in [2.45, 2.75) is 13.8 Å². The third-order valence-corrected chi connectivity index (χ3v) is 1.23. The zero-order valence-corrected chi connectivity index (χ0v) is 6.64. The third kappa shape index (κ3) is 4.09. The van der Waals surface area contributed by atoms with Crippen molar-refractivity contribution in [3.8, 4) is 6.07 Å². The van der Waals surface area contributed by atoms with Gasteiger partial charge in [0.1, 0.15) is 5.92 Å². The number of nitrogens with zero attached hydrogens (tertiary/aromatic N) is 1. The number of hydrogen-bond donors (Lipinski definition) is 2. The maximum atomic E-state index is 10.4. The molecular formula is C7H11N3O. The van der Waals surface area contributed by atoms with E-state index in [2.05, 4.69) is 5.32 Å².